The molecule has 0 saturated carbocycles. The molecule has 1 saturated heterocycles. The maximum Gasteiger partial charge on any atom is 0.339 e. The number of hydrogen-bond acceptors (Lipinski definition) is 4. The van der Waals surface area contributed by atoms with Gasteiger partial charge in [0.05, 0.1) is 18.3 Å². The highest BCUT2D eigenvalue weighted by molar-refractivity contribution is 5.94. The van der Waals surface area contributed by atoms with Crippen molar-refractivity contribution in [3.63, 3.8) is 0 Å². The fourth-order valence-corrected chi connectivity index (χ4v) is 2.49. The van der Waals surface area contributed by atoms with Gasteiger partial charge >= 0.3 is 5.97 Å². The van der Waals surface area contributed by atoms with E-state index in [-0.39, 0.29) is 18.2 Å². The molecule has 0 amide bonds. The maximum atomic E-state index is 11.2. The summed E-state index contributed by atoms with van der Waals surface area (Å²) < 4.78 is 0. The van der Waals surface area contributed by atoms with Crippen molar-refractivity contribution in [2.75, 3.05) is 18.1 Å². The van der Waals surface area contributed by atoms with Gasteiger partial charge < -0.3 is 15.1 Å². The van der Waals surface area contributed by atoms with Gasteiger partial charge in [-0.2, -0.15) is 0 Å². The largest absolute Gasteiger partial charge is 0.478 e. The third-order valence-corrected chi connectivity index (χ3v) is 3.43. The van der Waals surface area contributed by atoms with Crippen LogP contribution in [0.3, 0.4) is 0 Å². The number of nitrogens with zero attached hydrogens (tertiary/aromatic N) is 2. The van der Waals surface area contributed by atoms with Crippen molar-refractivity contribution in [2.45, 2.75) is 31.7 Å². The van der Waals surface area contributed by atoms with Crippen LogP contribution < -0.4 is 4.90 Å². The fourth-order valence-electron chi connectivity index (χ4n) is 2.49. The summed E-state index contributed by atoms with van der Waals surface area (Å²) in [5, 5.41) is 18.7. The van der Waals surface area contributed by atoms with Crippen LogP contribution in [0.1, 0.15) is 36.0 Å². The lowest BCUT2D eigenvalue weighted by molar-refractivity contribution is 0.0697. The third kappa shape index (κ3) is 2.61. The highest BCUT2D eigenvalue weighted by Crippen LogP contribution is 2.26. The van der Waals surface area contributed by atoms with Gasteiger partial charge in [-0.05, 0) is 18.9 Å². The molecule has 2 heterocycles. The SMILES string of the molecule is O=C(O)c1cnccc1N1CCCCCC1CO. The van der Waals surface area contributed by atoms with E-state index in [0.717, 1.165) is 32.2 Å². The number of pyridine rings is 1. The van der Waals surface area contributed by atoms with Gasteiger partial charge in [-0.25, -0.2) is 4.79 Å². The highest BCUT2D eigenvalue weighted by atomic mass is 16.4. The van der Waals surface area contributed by atoms with Crippen LogP contribution in [-0.2, 0) is 0 Å². The van der Waals surface area contributed by atoms with Gasteiger partial charge in [-0.3, -0.25) is 4.98 Å². The van der Waals surface area contributed by atoms with E-state index in [4.69, 9.17) is 0 Å². The molecule has 1 aromatic heterocycles. The van der Waals surface area contributed by atoms with Gasteiger partial charge in [0, 0.05) is 18.9 Å². The van der Waals surface area contributed by atoms with Crippen LogP contribution in [0.2, 0.25) is 0 Å². The average Bonchev–Trinajstić information content (AvgIpc) is 2.63. The monoisotopic (exact) mass is 250 g/mol. The minimum Gasteiger partial charge on any atom is -0.478 e. The number of aliphatic hydroxyl groups excluding tert-OH is 1. The Morgan fingerprint density at radius 2 is 2.28 bits per heavy atom. The Kier molecular flexibility index (Phi) is 4.15. The molecule has 1 fully saturated rings. The van der Waals surface area contributed by atoms with Crippen LogP contribution in [0.4, 0.5) is 5.69 Å². The molecule has 1 aromatic rings. The third-order valence-electron chi connectivity index (χ3n) is 3.43. The first kappa shape index (κ1) is 12.8. The van der Waals surface area contributed by atoms with Crippen LogP contribution in [0.15, 0.2) is 18.5 Å². The number of aromatic carboxylic acids is 1. The van der Waals surface area contributed by atoms with Crippen molar-refractivity contribution in [3.8, 4) is 0 Å². The summed E-state index contributed by atoms with van der Waals surface area (Å²) in [4.78, 5) is 17.1. The lowest BCUT2D eigenvalue weighted by atomic mass is 10.1. The van der Waals surface area contributed by atoms with Gasteiger partial charge in [0.15, 0.2) is 0 Å². The summed E-state index contributed by atoms with van der Waals surface area (Å²) >= 11 is 0. The predicted octanol–water partition coefficient (Wildman–Crippen LogP) is 1.52. The van der Waals surface area contributed by atoms with Crippen LogP contribution >= 0.6 is 0 Å². The first-order valence-electron chi connectivity index (χ1n) is 6.29. The van der Waals surface area contributed by atoms with Crippen LogP contribution in [0.25, 0.3) is 0 Å². The van der Waals surface area contributed by atoms with E-state index in [1.807, 2.05) is 4.90 Å². The smallest absolute Gasteiger partial charge is 0.339 e. The van der Waals surface area contributed by atoms with E-state index in [2.05, 4.69) is 4.98 Å². The summed E-state index contributed by atoms with van der Waals surface area (Å²) in [7, 11) is 0. The zero-order valence-corrected chi connectivity index (χ0v) is 10.2. The Morgan fingerprint density at radius 3 is 3.00 bits per heavy atom. The number of rotatable bonds is 3. The van der Waals surface area contributed by atoms with Crippen molar-refractivity contribution in [3.05, 3.63) is 24.0 Å². The molecule has 0 aromatic carbocycles. The van der Waals surface area contributed by atoms with Crippen LogP contribution in [-0.4, -0.2) is 40.4 Å². The molecule has 0 spiro atoms. The molecule has 2 rings (SSSR count). The predicted molar refractivity (Wildman–Crippen MR) is 67.9 cm³/mol. The number of carbonyl (C=O) groups is 1. The maximum absolute atomic E-state index is 11.2. The van der Waals surface area contributed by atoms with Gasteiger partial charge in [0.1, 0.15) is 5.56 Å². The second-order valence-electron chi connectivity index (χ2n) is 4.58. The molecular weight excluding hydrogens is 232 g/mol. The molecule has 18 heavy (non-hydrogen) atoms. The number of aromatic nitrogens is 1. The van der Waals surface area contributed by atoms with E-state index in [9.17, 15) is 15.0 Å². The highest BCUT2D eigenvalue weighted by Gasteiger charge is 2.24. The number of carboxylic acid groups (broad SMARTS) is 1. The molecule has 2 N–H and O–H groups in total. The quantitative estimate of drug-likeness (QED) is 0.850. The fraction of sp³-hybridized carbons (Fsp3) is 0.538. The van der Waals surface area contributed by atoms with E-state index >= 15 is 0 Å². The summed E-state index contributed by atoms with van der Waals surface area (Å²) in [5.74, 6) is -0.973. The first-order valence-corrected chi connectivity index (χ1v) is 6.29. The van der Waals surface area contributed by atoms with Crippen LogP contribution in [0.5, 0.6) is 0 Å². The minimum atomic E-state index is -0.973. The Hall–Kier alpha value is -1.62. The van der Waals surface area contributed by atoms with Crippen molar-refractivity contribution >= 4 is 11.7 Å². The molecule has 0 aliphatic carbocycles. The van der Waals surface area contributed by atoms with Crippen molar-refractivity contribution in [1.29, 1.82) is 0 Å². The summed E-state index contributed by atoms with van der Waals surface area (Å²) in [5.41, 5.74) is 0.872. The summed E-state index contributed by atoms with van der Waals surface area (Å²) in [6.45, 7) is 0.844. The lowest BCUT2D eigenvalue weighted by Gasteiger charge is -2.31. The summed E-state index contributed by atoms with van der Waals surface area (Å²) in [6.07, 6.45) is 7.10. The van der Waals surface area contributed by atoms with Crippen molar-refractivity contribution < 1.29 is 15.0 Å². The number of hydrogen-bond donors (Lipinski definition) is 2. The standard InChI is InChI=1S/C13H18N2O3/c16-9-10-4-2-1-3-7-15(10)12-5-6-14-8-11(12)13(17)18/h5-6,8,10,16H,1-4,7,9H2,(H,17,18). The topological polar surface area (TPSA) is 73.7 Å². The van der Waals surface area contributed by atoms with Gasteiger partial charge in [0.2, 0.25) is 0 Å². The first-order chi connectivity index (χ1) is 8.74. The molecule has 1 unspecified atom stereocenters. The molecule has 0 radical (unpaired) electrons. The van der Waals surface area contributed by atoms with Gasteiger partial charge in [-0.1, -0.05) is 12.8 Å². The normalized spacial score (nSPS) is 20.5. The van der Waals surface area contributed by atoms with E-state index < -0.39 is 5.97 Å². The Morgan fingerprint density at radius 1 is 1.44 bits per heavy atom. The molecule has 98 valence electrons. The Balaban J connectivity index is 2.35. The number of aliphatic hydroxyl groups is 1. The second kappa shape index (κ2) is 5.82. The molecule has 0 bridgehead atoms. The molecule has 1 aliphatic rings. The molecule has 5 heteroatoms. The molecule has 1 atom stereocenters. The number of anilines is 1. The lowest BCUT2D eigenvalue weighted by Crippen LogP contribution is -2.38. The Labute approximate surface area is 106 Å². The van der Waals surface area contributed by atoms with E-state index in [1.165, 1.54) is 6.20 Å². The van der Waals surface area contributed by atoms with Gasteiger partial charge in [0.25, 0.3) is 0 Å². The van der Waals surface area contributed by atoms with E-state index in [1.54, 1.807) is 12.3 Å². The van der Waals surface area contributed by atoms with Gasteiger partial charge in [-0.15, -0.1) is 0 Å². The zero-order chi connectivity index (χ0) is 13.0. The van der Waals surface area contributed by atoms with Crippen molar-refractivity contribution in [2.24, 2.45) is 0 Å². The number of carboxylic acids is 1. The summed E-state index contributed by atoms with van der Waals surface area (Å²) in [6, 6.07) is 1.73. The molecule has 5 nitrogen and oxygen atoms in total. The molecule has 1 aliphatic heterocycles. The minimum absolute atomic E-state index is 0.00741. The molecular formula is C13H18N2O3. The Bertz CT molecular complexity index is 422. The second-order valence-corrected chi connectivity index (χ2v) is 4.58. The van der Waals surface area contributed by atoms with E-state index in [0.29, 0.717) is 5.69 Å². The van der Waals surface area contributed by atoms with Crippen LogP contribution in [0, 0.1) is 0 Å². The zero-order valence-electron chi connectivity index (χ0n) is 10.2. The average molecular weight is 250 g/mol. The van der Waals surface area contributed by atoms with Crippen molar-refractivity contribution in [1.82, 2.24) is 4.98 Å².